The van der Waals surface area contributed by atoms with Crippen molar-refractivity contribution in [3.05, 3.63) is 22.4 Å². The molecule has 0 N–H and O–H groups in total. The number of ether oxygens (including phenoxy) is 1. The zero-order valence-corrected chi connectivity index (χ0v) is 9.63. The lowest BCUT2D eigenvalue weighted by Crippen LogP contribution is -2.23. The lowest BCUT2D eigenvalue weighted by molar-refractivity contribution is -0.144. The first-order chi connectivity index (χ1) is 7.29. The molecule has 4 heteroatoms. The Balaban J connectivity index is 1.85. The Morgan fingerprint density at radius 3 is 3.27 bits per heavy atom. The second-order valence-electron chi connectivity index (χ2n) is 3.88. The van der Waals surface area contributed by atoms with Crippen LogP contribution in [0.4, 0.5) is 0 Å². The van der Waals surface area contributed by atoms with Crippen LogP contribution in [0, 0.1) is 5.92 Å². The van der Waals surface area contributed by atoms with Gasteiger partial charge in [0, 0.05) is 13.1 Å². The van der Waals surface area contributed by atoms with Crippen LogP contribution in [-0.4, -0.2) is 31.1 Å². The van der Waals surface area contributed by atoms with E-state index in [1.807, 2.05) is 0 Å². The number of rotatable bonds is 3. The van der Waals surface area contributed by atoms with E-state index in [9.17, 15) is 4.79 Å². The second-order valence-corrected chi connectivity index (χ2v) is 4.66. The Bertz CT molecular complexity index is 323. The van der Waals surface area contributed by atoms with Crippen LogP contribution in [0.1, 0.15) is 12.0 Å². The SMILES string of the molecule is COC(=O)C1CCN(Cc2ccsc2)C1. The molecule has 0 spiro atoms. The number of esters is 1. The van der Waals surface area contributed by atoms with Gasteiger partial charge in [0.1, 0.15) is 0 Å². The van der Waals surface area contributed by atoms with Crippen LogP contribution in [0.5, 0.6) is 0 Å². The third-order valence-electron chi connectivity index (χ3n) is 2.79. The summed E-state index contributed by atoms with van der Waals surface area (Å²) in [4.78, 5) is 13.6. The fraction of sp³-hybridized carbons (Fsp3) is 0.545. The summed E-state index contributed by atoms with van der Waals surface area (Å²) in [6.07, 6.45) is 0.927. The molecule has 1 unspecified atom stereocenters. The fourth-order valence-corrected chi connectivity index (χ4v) is 2.64. The van der Waals surface area contributed by atoms with E-state index in [1.165, 1.54) is 12.7 Å². The Morgan fingerprint density at radius 1 is 1.73 bits per heavy atom. The molecule has 0 aliphatic carbocycles. The van der Waals surface area contributed by atoms with Gasteiger partial charge >= 0.3 is 5.97 Å². The summed E-state index contributed by atoms with van der Waals surface area (Å²) in [6.45, 7) is 2.79. The molecule has 2 rings (SSSR count). The molecular formula is C11H15NO2S. The molecular weight excluding hydrogens is 210 g/mol. The summed E-state index contributed by atoms with van der Waals surface area (Å²) in [7, 11) is 1.46. The molecule has 1 aliphatic rings. The van der Waals surface area contributed by atoms with Crippen molar-refractivity contribution in [2.75, 3.05) is 20.2 Å². The Labute approximate surface area is 93.7 Å². The van der Waals surface area contributed by atoms with Crippen LogP contribution >= 0.6 is 11.3 Å². The molecule has 0 aromatic carbocycles. The molecule has 82 valence electrons. The highest BCUT2D eigenvalue weighted by Crippen LogP contribution is 2.20. The fourth-order valence-electron chi connectivity index (χ4n) is 1.98. The smallest absolute Gasteiger partial charge is 0.310 e. The number of nitrogens with zero attached hydrogens (tertiary/aromatic N) is 1. The zero-order valence-electron chi connectivity index (χ0n) is 8.81. The maximum absolute atomic E-state index is 11.3. The minimum Gasteiger partial charge on any atom is -0.469 e. The topological polar surface area (TPSA) is 29.5 Å². The van der Waals surface area contributed by atoms with E-state index >= 15 is 0 Å². The van der Waals surface area contributed by atoms with Crippen molar-refractivity contribution >= 4 is 17.3 Å². The van der Waals surface area contributed by atoms with Crippen LogP contribution in [-0.2, 0) is 16.1 Å². The highest BCUT2D eigenvalue weighted by Gasteiger charge is 2.28. The van der Waals surface area contributed by atoms with Gasteiger partial charge in [0.2, 0.25) is 0 Å². The Kier molecular flexibility index (Phi) is 3.38. The number of methoxy groups -OCH3 is 1. The Morgan fingerprint density at radius 2 is 2.60 bits per heavy atom. The molecule has 1 aliphatic heterocycles. The van der Waals surface area contributed by atoms with E-state index in [-0.39, 0.29) is 11.9 Å². The second kappa shape index (κ2) is 4.77. The maximum atomic E-state index is 11.3. The van der Waals surface area contributed by atoms with E-state index in [2.05, 4.69) is 21.7 Å². The average Bonchev–Trinajstić information content (AvgIpc) is 2.88. The van der Waals surface area contributed by atoms with Gasteiger partial charge in [-0.25, -0.2) is 0 Å². The minimum absolute atomic E-state index is 0.0668. The third kappa shape index (κ3) is 2.58. The first-order valence-electron chi connectivity index (χ1n) is 5.11. The molecule has 2 heterocycles. The summed E-state index contributed by atoms with van der Waals surface area (Å²) in [6, 6.07) is 2.14. The minimum atomic E-state index is -0.0668. The molecule has 0 bridgehead atoms. The van der Waals surface area contributed by atoms with Gasteiger partial charge in [0.25, 0.3) is 0 Å². The van der Waals surface area contributed by atoms with Crippen molar-refractivity contribution in [1.29, 1.82) is 0 Å². The molecule has 15 heavy (non-hydrogen) atoms. The highest BCUT2D eigenvalue weighted by molar-refractivity contribution is 7.07. The van der Waals surface area contributed by atoms with E-state index in [0.29, 0.717) is 0 Å². The van der Waals surface area contributed by atoms with Crippen molar-refractivity contribution in [3.63, 3.8) is 0 Å². The standard InChI is InChI=1S/C11H15NO2S/c1-14-11(13)10-2-4-12(7-10)6-9-3-5-15-8-9/h3,5,8,10H,2,4,6-7H2,1H3. The molecule has 0 radical (unpaired) electrons. The largest absolute Gasteiger partial charge is 0.469 e. The Hall–Kier alpha value is -0.870. The third-order valence-corrected chi connectivity index (χ3v) is 3.53. The number of hydrogen-bond donors (Lipinski definition) is 0. The lowest BCUT2D eigenvalue weighted by Gasteiger charge is -2.14. The number of carbonyl (C=O) groups is 1. The molecule has 1 fully saturated rings. The van der Waals surface area contributed by atoms with Crippen molar-refractivity contribution < 1.29 is 9.53 Å². The number of likely N-dealkylation sites (tertiary alicyclic amines) is 1. The maximum Gasteiger partial charge on any atom is 0.310 e. The number of hydrogen-bond acceptors (Lipinski definition) is 4. The first-order valence-corrected chi connectivity index (χ1v) is 6.05. The summed E-state index contributed by atoms with van der Waals surface area (Å²) >= 11 is 1.72. The normalized spacial score (nSPS) is 21.8. The van der Waals surface area contributed by atoms with Crippen molar-refractivity contribution in [1.82, 2.24) is 4.90 Å². The summed E-state index contributed by atoms with van der Waals surface area (Å²) in [5, 5.41) is 4.24. The molecule has 1 aromatic heterocycles. The van der Waals surface area contributed by atoms with Gasteiger partial charge in [0.05, 0.1) is 13.0 Å². The summed E-state index contributed by atoms with van der Waals surface area (Å²) < 4.78 is 4.75. The van der Waals surface area contributed by atoms with Crippen LogP contribution < -0.4 is 0 Å². The lowest BCUT2D eigenvalue weighted by atomic mass is 10.1. The molecule has 1 aromatic rings. The predicted octanol–water partition coefficient (Wildman–Crippen LogP) is 1.74. The van der Waals surface area contributed by atoms with Crippen LogP contribution in [0.2, 0.25) is 0 Å². The van der Waals surface area contributed by atoms with Crippen LogP contribution in [0.25, 0.3) is 0 Å². The first kappa shape index (κ1) is 10.6. The summed E-state index contributed by atoms with van der Waals surface area (Å²) in [5.41, 5.74) is 1.34. The van der Waals surface area contributed by atoms with Crippen molar-refractivity contribution in [2.24, 2.45) is 5.92 Å². The molecule has 0 amide bonds. The van der Waals surface area contributed by atoms with E-state index in [0.717, 1.165) is 26.1 Å². The van der Waals surface area contributed by atoms with E-state index in [1.54, 1.807) is 11.3 Å². The van der Waals surface area contributed by atoms with E-state index in [4.69, 9.17) is 4.74 Å². The van der Waals surface area contributed by atoms with Crippen molar-refractivity contribution in [3.8, 4) is 0 Å². The number of thiophene rings is 1. The quantitative estimate of drug-likeness (QED) is 0.734. The van der Waals surface area contributed by atoms with Crippen molar-refractivity contribution in [2.45, 2.75) is 13.0 Å². The van der Waals surface area contributed by atoms with Gasteiger partial charge in [-0.1, -0.05) is 0 Å². The summed E-state index contributed by atoms with van der Waals surface area (Å²) in [5.74, 6) is 0.0106. The monoisotopic (exact) mass is 225 g/mol. The molecule has 1 atom stereocenters. The van der Waals surface area contributed by atoms with Crippen LogP contribution in [0.3, 0.4) is 0 Å². The van der Waals surface area contributed by atoms with Gasteiger partial charge in [-0.15, -0.1) is 0 Å². The van der Waals surface area contributed by atoms with Gasteiger partial charge in [0.15, 0.2) is 0 Å². The highest BCUT2D eigenvalue weighted by atomic mass is 32.1. The molecule has 3 nitrogen and oxygen atoms in total. The number of carbonyl (C=O) groups excluding carboxylic acids is 1. The van der Waals surface area contributed by atoms with Gasteiger partial charge in [-0.05, 0) is 35.4 Å². The zero-order chi connectivity index (χ0) is 10.7. The molecule has 1 saturated heterocycles. The average molecular weight is 225 g/mol. The van der Waals surface area contributed by atoms with E-state index < -0.39 is 0 Å². The predicted molar refractivity (Wildman–Crippen MR) is 59.7 cm³/mol. The van der Waals surface area contributed by atoms with Gasteiger partial charge < -0.3 is 4.74 Å². The van der Waals surface area contributed by atoms with Gasteiger partial charge in [-0.3, -0.25) is 9.69 Å². The van der Waals surface area contributed by atoms with Crippen LogP contribution in [0.15, 0.2) is 16.8 Å². The molecule has 0 saturated carbocycles. The van der Waals surface area contributed by atoms with Gasteiger partial charge in [-0.2, -0.15) is 11.3 Å².